The molecular formula is C35H32F2N6O5. The van der Waals surface area contributed by atoms with Crippen molar-refractivity contribution >= 4 is 45.2 Å². The van der Waals surface area contributed by atoms with Crippen LogP contribution in [0.1, 0.15) is 43.5 Å². The van der Waals surface area contributed by atoms with Crippen molar-refractivity contribution in [2.75, 3.05) is 23.3 Å². The zero-order chi connectivity index (χ0) is 34.3. The number of amides is 2. The summed E-state index contributed by atoms with van der Waals surface area (Å²) in [5, 5.41) is 2.74. The Balaban J connectivity index is 1.64. The Hall–Kier alpha value is -5.59. The number of nitrogens with one attached hydrogen (secondary N) is 2. The predicted molar refractivity (Wildman–Crippen MR) is 178 cm³/mol. The molecule has 0 radical (unpaired) electrons. The first-order valence-corrected chi connectivity index (χ1v) is 15.5. The Bertz CT molecular complexity index is 2360. The Kier molecular flexibility index (Phi) is 7.11. The number of piperazine rings is 1. The molecule has 0 saturated carbocycles. The molecule has 2 aliphatic rings. The standard InChI is InChI=1S/C35H32F2N6O5/c1-7-23(44)41-14-22-33(45)40-28-31(42(22)13-18(41)6)19-12-20(36)25(24-16(4)8-9-21-32(24)48-35(47)39-21)26(37)30(19)43(34(28)46)29-17(5)10-11-38-27(29)15(2)3/h7-12,15,18,22H,1,13-14H2,2-6H3,(H,39,47)(H,40,45). The monoisotopic (exact) mass is 654 g/mol. The summed E-state index contributed by atoms with van der Waals surface area (Å²) in [5.41, 5.74) is 0.595. The topological polar surface area (TPSA) is 134 Å². The lowest BCUT2D eigenvalue weighted by Gasteiger charge is -2.48. The summed E-state index contributed by atoms with van der Waals surface area (Å²) < 4.78 is 40.7. The van der Waals surface area contributed by atoms with Gasteiger partial charge in [-0.15, -0.1) is 0 Å². The number of anilines is 2. The SMILES string of the molecule is C=CC(=O)N1CC2C(=O)Nc3c(c4cc(F)c(-c5c(C)ccc6[nH]c(=O)oc56)c(F)c4n(-c4c(C)ccnc4C(C)C)c3=O)N2CC1C. The summed E-state index contributed by atoms with van der Waals surface area (Å²) in [7, 11) is 0. The summed E-state index contributed by atoms with van der Waals surface area (Å²) in [6, 6.07) is 4.65. The molecule has 1 fully saturated rings. The van der Waals surface area contributed by atoms with Crippen LogP contribution < -0.4 is 21.5 Å². The van der Waals surface area contributed by atoms with E-state index in [1.807, 2.05) is 13.8 Å². The highest BCUT2D eigenvalue weighted by atomic mass is 19.1. The average molecular weight is 655 g/mol. The minimum absolute atomic E-state index is 0.0165. The number of carbonyl (C=O) groups is 2. The fraction of sp³-hybridized carbons (Fsp3) is 0.286. The summed E-state index contributed by atoms with van der Waals surface area (Å²) in [6.45, 7) is 12.6. The molecule has 0 bridgehead atoms. The van der Waals surface area contributed by atoms with Gasteiger partial charge >= 0.3 is 5.76 Å². The molecule has 0 spiro atoms. The first-order chi connectivity index (χ1) is 22.8. The maximum absolute atomic E-state index is 17.6. The van der Waals surface area contributed by atoms with Gasteiger partial charge in [-0.2, -0.15) is 0 Å². The van der Waals surface area contributed by atoms with Crippen LogP contribution in [0.4, 0.5) is 20.2 Å². The van der Waals surface area contributed by atoms with Crippen LogP contribution in [0.25, 0.3) is 38.8 Å². The van der Waals surface area contributed by atoms with E-state index in [1.54, 1.807) is 50.1 Å². The Morgan fingerprint density at radius 2 is 1.83 bits per heavy atom. The number of hydrogen-bond acceptors (Lipinski definition) is 7. The highest BCUT2D eigenvalue weighted by Crippen LogP contribution is 2.45. The van der Waals surface area contributed by atoms with Crippen LogP contribution in [0, 0.1) is 25.5 Å². The molecule has 5 heterocycles. The van der Waals surface area contributed by atoms with Crippen LogP contribution >= 0.6 is 0 Å². The van der Waals surface area contributed by atoms with Gasteiger partial charge in [0.05, 0.1) is 40.2 Å². The van der Waals surface area contributed by atoms with Crippen molar-refractivity contribution < 1.29 is 22.8 Å². The number of fused-ring (bicyclic) bond motifs is 6. The van der Waals surface area contributed by atoms with E-state index >= 15 is 8.78 Å². The number of aryl methyl sites for hydroxylation is 2. The third-order valence-electron chi connectivity index (χ3n) is 9.33. The molecule has 2 aliphatic heterocycles. The van der Waals surface area contributed by atoms with Crippen molar-refractivity contribution in [1.29, 1.82) is 0 Å². The quantitative estimate of drug-likeness (QED) is 0.259. The molecule has 7 rings (SSSR count). The molecular weight excluding hydrogens is 622 g/mol. The molecule has 2 atom stereocenters. The minimum Gasteiger partial charge on any atom is -0.407 e. The van der Waals surface area contributed by atoms with E-state index in [2.05, 4.69) is 21.9 Å². The van der Waals surface area contributed by atoms with Gasteiger partial charge in [-0.3, -0.25) is 28.9 Å². The van der Waals surface area contributed by atoms with Gasteiger partial charge in [-0.1, -0.05) is 26.5 Å². The molecule has 48 heavy (non-hydrogen) atoms. The number of hydrogen-bond donors (Lipinski definition) is 2. The average Bonchev–Trinajstić information content (AvgIpc) is 3.42. The number of nitrogens with zero attached hydrogens (tertiary/aromatic N) is 4. The van der Waals surface area contributed by atoms with E-state index in [4.69, 9.17) is 4.42 Å². The number of benzene rings is 2. The van der Waals surface area contributed by atoms with Gasteiger partial charge < -0.3 is 19.5 Å². The van der Waals surface area contributed by atoms with Crippen LogP contribution in [0.5, 0.6) is 0 Å². The largest absolute Gasteiger partial charge is 0.417 e. The lowest BCUT2D eigenvalue weighted by Crippen LogP contribution is -2.64. The number of aromatic nitrogens is 3. The van der Waals surface area contributed by atoms with Crippen molar-refractivity contribution in [1.82, 2.24) is 19.4 Å². The van der Waals surface area contributed by atoms with Crippen LogP contribution in [-0.2, 0) is 9.59 Å². The zero-order valence-electron chi connectivity index (χ0n) is 26.9. The van der Waals surface area contributed by atoms with E-state index in [-0.39, 0.29) is 63.9 Å². The Labute approximate surface area is 272 Å². The Morgan fingerprint density at radius 3 is 2.54 bits per heavy atom. The molecule has 2 aromatic carbocycles. The summed E-state index contributed by atoms with van der Waals surface area (Å²) >= 11 is 0. The van der Waals surface area contributed by atoms with Crippen LogP contribution in [-0.4, -0.2) is 56.4 Å². The Morgan fingerprint density at radius 1 is 1.08 bits per heavy atom. The van der Waals surface area contributed by atoms with Crippen LogP contribution in [0.2, 0.25) is 0 Å². The van der Waals surface area contributed by atoms with Gasteiger partial charge in [0.2, 0.25) is 11.8 Å². The van der Waals surface area contributed by atoms with Crippen molar-refractivity contribution in [3.8, 4) is 16.8 Å². The molecule has 0 aliphatic carbocycles. The molecule has 5 aromatic rings. The second-order valence-electron chi connectivity index (χ2n) is 12.7. The fourth-order valence-electron chi connectivity index (χ4n) is 7.10. The van der Waals surface area contributed by atoms with Crippen LogP contribution in [0.15, 0.2) is 57.1 Å². The van der Waals surface area contributed by atoms with Crippen molar-refractivity contribution in [2.24, 2.45) is 0 Å². The molecule has 11 nitrogen and oxygen atoms in total. The third-order valence-corrected chi connectivity index (χ3v) is 9.33. The molecule has 2 unspecified atom stereocenters. The number of aromatic amines is 1. The number of carbonyl (C=O) groups excluding carboxylic acids is 2. The van der Waals surface area contributed by atoms with Gasteiger partial charge in [0.1, 0.15) is 17.5 Å². The minimum atomic E-state index is -1.07. The number of H-pyrrole nitrogens is 1. The van der Waals surface area contributed by atoms with Crippen molar-refractivity contribution in [3.63, 3.8) is 0 Å². The lowest BCUT2D eigenvalue weighted by molar-refractivity contribution is -0.130. The van der Waals surface area contributed by atoms with Crippen LogP contribution in [0.3, 0.4) is 0 Å². The maximum atomic E-state index is 17.6. The molecule has 3 aromatic heterocycles. The number of rotatable bonds is 4. The van der Waals surface area contributed by atoms with E-state index in [1.165, 1.54) is 11.0 Å². The van der Waals surface area contributed by atoms with Gasteiger partial charge in [-0.05, 0) is 62.1 Å². The van der Waals surface area contributed by atoms with Gasteiger partial charge in [0, 0.05) is 29.7 Å². The van der Waals surface area contributed by atoms with Crippen molar-refractivity contribution in [2.45, 2.75) is 52.6 Å². The number of pyridine rings is 2. The number of oxazole rings is 1. The van der Waals surface area contributed by atoms with Gasteiger partial charge in [0.25, 0.3) is 5.56 Å². The van der Waals surface area contributed by atoms with Gasteiger partial charge in [0.15, 0.2) is 11.4 Å². The highest BCUT2D eigenvalue weighted by molar-refractivity contribution is 6.12. The second kappa shape index (κ2) is 11.0. The van der Waals surface area contributed by atoms with Gasteiger partial charge in [-0.25, -0.2) is 13.6 Å². The molecule has 1 saturated heterocycles. The first kappa shape index (κ1) is 31.0. The van der Waals surface area contributed by atoms with E-state index < -0.39 is 46.5 Å². The number of halogens is 2. The predicted octanol–water partition coefficient (Wildman–Crippen LogP) is 5.05. The summed E-state index contributed by atoms with van der Waals surface area (Å²) in [5.74, 6) is -3.93. The van der Waals surface area contributed by atoms with Crippen molar-refractivity contribution in [3.05, 3.63) is 92.5 Å². The normalized spacial score (nSPS) is 17.5. The molecule has 2 amide bonds. The van der Waals surface area contributed by atoms with E-state index in [0.717, 1.165) is 10.6 Å². The van der Waals surface area contributed by atoms with E-state index in [9.17, 15) is 19.2 Å². The first-order valence-electron chi connectivity index (χ1n) is 15.5. The fourth-order valence-corrected chi connectivity index (χ4v) is 7.10. The second-order valence-corrected chi connectivity index (χ2v) is 12.7. The molecule has 13 heteroatoms. The summed E-state index contributed by atoms with van der Waals surface area (Å²) in [4.78, 5) is 63.4. The maximum Gasteiger partial charge on any atom is 0.417 e. The lowest BCUT2D eigenvalue weighted by atomic mass is 9.94. The van der Waals surface area contributed by atoms with E-state index in [0.29, 0.717) is 22.5 Å². The third kappa shape index (κ3) is 4.40. The summed E-state index contributed by atoms with van der Waals surface area (Å²) in [6.07, 6.45) is 2.76. The molecule has 246 valence electrons. The highest BCUT2D eigenvalue weighted by Gasteiger charge is 2.44. The zero-order valence-corrected chi connectivity index (χ0v) is 26.9. The smallest absolute Gasteiger partial charge is 0.407 e. The molecule has 2 N–H and O–H groups in total.